The average molecular weight is 125 g/mol. The second-order valence-corrected chi connectivity index (χ2v) is 2.77. The van der Waals surface area contributed by atoms with Gasteiger partial charge in [-0.05, 0) is 18.8 Å². The Bertz CT molecular complexity index is 80.0. The van der Waals surface area contributed by atoms with Gasteiger partial charge in [0.1, 0.15) is 0 Å². The van der Waals surface area contributed by atoms with Crippen molar-refractivity contribution in [1.82, 2.24) is 0 Å². The Morgan fingerprint density at radius 2 is 2.00 bits per heavy atom. The molecule has 0 fully saturated rings. The normalized spacial score (nSPS) is 10.2. The molecule has 9 heavy (non-hydrogen) atoms. The number of hydrogen-bond acceptors (Lipinski definition) is 0. The first-order chi connectivity index (χ1) is 4.18. The van der Waals surface area contributed by atoms with Gasteiger partial charge in [-0.3, -0.25) is 0 Å². The van der Waals surface area contributed by atoms with Gasteiger partial charge in [0.2, 0.25) is 0 Å². The van der Waals surface area contributed by atoms with E-state index < -0.39 is 0 Å². The Hall–Kier alpha value is -0.260. The van der Waals surface area contributed by atoms with Gasteiger partial charge < -0.3 is 0 Å². The van der Waals surface area contributed by atoms with Crippen LogP contribution in [0.15, 0.2) is 12.2 Å². The zero-order valence-electron chi connectivity index (χ0n) is 6.61. The van der Waals surface area contributed by atoms with Crippen LogP contribution in [0.25, 0.3) is 0 Å². The lowest BCUT2D eigenvalue weighted by molar-refractivity contribution is 0.689. The standard InChI is InChI=1S/C9H17/c1-5-6-7-9(4)8(2)3/h8H,1,4-7H2,2-3H3. The summed E-state index contributed by atoms with van der Waals surface area (Å²) in [7, 11) is 0. The molecule has 0 nitrogen and oxygen atoms in total. The lowest BCUT2D eigenvalue weighted by atomic mass is 10.00. The van der Waals surface area contributed by atoms with E-state index >= 15 is 0 Å². The molecule has 0 saturated heterocycles. The van der Waals surface area contributed by atoms with Crippen molar-refractivity contribution >= 4 is 0 Å². The summed E-state index contributed by atoms with van der Waals surface area (Å²) >= 11 is 0. The van der Waals surface area contributed by atoms with E-state index in [1.807, 2.05) is 0 Å². The van der Waals surface area contributed by atoms with Gasteiger partial charge in [-0.25, -0.2) is 0 Å². The molecule has 0 N–H and O–H groups in total. The van der Waals surface area contributed by atoms with Crippen molar-refractivity contribution in [2.75, 3.05) is 0 Å². The van der Waals surface area contributed by atoms with E-state index in [0.717, 1.165) is 12.8 Å². The van der Waals surface area contributed by atoms with Crippen LogP contribution >= 0.6 is 0 Å². The van der Waals surface area contributed by atoms with Crippen molar-refractivity contribution in [3.05, 3.63) is 19.1 Å². The summed E-state index contributed by atoms with van der Waals surface area (Å²) < 4.78 is 0. The Kier molecular flexibility index (Phi) is 4.47. The maximum atomic E-state index is 3.96. The fourth-order valence-corrected chi connectivity index (χ4v) is 0.641. The molecule has 0 spiro atoms. The van der Waals surface area contributed by atoms with Crippen LogP contribution in [0, 0.1) is 12.8 Å². The van der Waals surface area contributed by atoms with Crippen LogP contribution in [0.5, 0.6) is 0 Å². The molecule has 0 aliphatic carbocycles. The molecule has 0 heterocycles. The number of rotatable bonds is 4. The van der Waals surface area contributed by atoms with E-state index in [4.69, 9.17) is 0 Å². The zero-order valence-corrected chi connectivity index (χ0v) is 6.61. The molecule has 0 heteroatoms. The Labute approximate surface area is 59.0 Å². The van der Waals surface area contributed by atoms with Crippen LogP contribution in [0.3, 0.4) is 0 Å². The molecule has 0 aliphatic heterocycles. The van der Waals surface area contributed by atoms with E-state index in [0.29, 0.717) is 5.92 Å². The quantitative estimate of drug-likeness (QED) is 0.506. The SMILES string of the molecule is [CH2]CCCC(=C)C(C)C. The van der Waals surface area contributed by atoms with Crippen molar-refractivity contribution in [1.29, 1.82) is 0 Å². The first-order valence-corrected chi connectivity index (χ1v) is 3.65. The lowest BCUT2D eigenvalue weighted by Crippen LogP contribution is -1.91. The van der Waals surface area contributed by atoms with E-state index in [1.54, 1.807) is 0 Å². The molecular weight excluding hydrogens is 108 g/mol. The van der Waals surface area contributed by atoms with Crippen LogP contribution in [-0.2, 0) is 0 Å². The highest BCUT2D eigenvalue weighted by atomic mass is 14.0. The summed E-state index contributed by atoms with van der Waals surface area (Å²) in [4.78, 5) is 0. The molecule has 0 amide bonds. The third kappa shape index (κ3) is 4.26. The molecule has 0 atom stereocenters. The Morgan fingerprint density at radius 1 is 1.44 bits per heavy atom. The minimum Gasteiger partial charge on any atom is -0.0996 e. The third-order valence-corrected chi connectivity index (χ3v) is 1.56. The van der Waals surface area contributed by atoms with Crippen LogP contribution < -0.4 is 0 Å². The molecule has 53 valence electrons. The molecule has 0 unspecified atom stereocenters. The third-order valence-electron chi connectivity index (χ3n) is 1.56. The monoisotopic (exact) mass is 125 g/mol. The van der Waals surface area contributed by atoms with E-state index in [1.165, 1.54) is 12.0 Å². The predicted molar refractivity (Wildman–Crippen MR) is 43.2 cm³/mol. The molecule has 0 saturated carbocycles. The average Bonchev–Trinajstić information content (AvgIpc) is 1.82. The van der Waals surface area contributed by atoms with Crippen LogP contribution in [0.4, 0.5) is 0 Å². The van der Waals surface area contributed by atoms with E-state index in [-0.39, 0.29) is 0 Å². The summed E-state index contributed by atoms with van der Waals surface area (Å²) in [6, 6.07) is 0. The molecule has 0 aromatic heterocycles. The molecular formula is C9H17. The fourth-order valence-electron chi connectivity index (χ4n) is 0.641. The fraction of sp³-hybridized carbons (Fsp3) is 0.667. The van der Waals surface area contributed by atoms with Gasteiger partial charge in [0, 0.05) is 0 Å². The highest BCUT2D eigenvalue weighted by Crippen LogP contribution is 2.13. The Morgan fingerprint density at radius 3 is 2.33 bits per heavy atom. The largest absolute Gasteiger partial charge is 0.0996 e. The topological polar surface area (TPSA) is 0 Å². The highest BCUT2D eigenvalue weighted by molar-refractivity contribution is 4.96. The summed E-state index contributed by atoms with van der Waals surface area (Å²) in [6.45, 7) is 12.1. The van der Waals surface area contributed by atoms with Crippen LogP contribution in [-0.4, -0.2) is 0 Å². The zero-order chi connectivity index (χ0) is 7.28. The van der Waals surface area contributed by atoms with Gasteiger partial charge in [-0.15, -0.1) is 0 Å². The van der Waals surface area contributed by atoms with E-state index in [2.05, 4.69) is 27.4 Å². The Balaban J connectivity index is 3.28. The lowest BCUT2D eigenvalue weighted by Gasteiger charge is -2.06. The van der Waals surface area contributed by atoms with Crippen molar-refractivity contribution in [3.63, 3.8) is 0 Å². The van der Waals surface area contributed by atoms with Crippen molar-refractivity contribution in [2.24, 2.45) is 5.92 Å². The van der Waals surface area contributed by atoms with Gasteiger partial charge in [-0.2, -0.15) is 0 Å². The smallest absolute Gasteiger partial charge is 0.0263 e. The van der Waals surface area contributed by atoms with Crippen molar-refractivity contribution < 1.29 is 0 Å². The number of allylic oxidation sites excluding steroid dienone is 1. The highest BCUT2D eigenvalue weighted by Gasteiger charge is 1.97. The summed E-state index contributed by atoms with van der Waals surface area (Å²) in [5, 5.41) is 0. The molecule has 0 bridgehead atoms. The molecule has 0 aliphatic rings. The minimum atomic E-state index is 0.650. The van der Waals surface area contributed by atoms with Crippen LogP contribution in [0.1, 0.15) is 33.1 Å². The van der Waals surface area contributed by atoms with Gasteiger partial charge in [-0.1, -0.05) is 39.3 Å². The van der Waals surface area contributed by atoms with Gasteiger partial charge >= 0.3 is 0 Å². The number of hydrogen-bond donors (Lipinski definition) is 0. The molecule has 0 aromatic rings. The number of unbranched alkanes of at least 4 members (excludes halogenated alkanes) is 1. The maximum Gasteiger partial charge on any atom is -0.0263 e. The first-order valence-electron chi connectivity index (χ1n) is 3.65. The first kappa shape index (κ1) is 8.74. The second kappa shape index (κ2) is 4.60. The summed E-state index contributed by atoms with van der Waals surface area (Å²) in [6.07, 6.45) is 3.38. The van der Waals surface area contributed by atoms with Crippen molar-refractivity contribution in [3.8, 4) is 0 Å². The maximum absolute atomic E-state index is 3.96. The van der Waals surface area contributed by atoms with Crippen molar-refractivity contribution in [2.45, 2.75) is 33.1 Å². The minimum absolute atomic E-state index is 0.650. The van der Waals surface area contributed by atoms with Gasteiger partial charge in [0.05, 0.1) is 0 Å². The summed E-state index contributed by atoms with van der Waals surface area (Å²) in [5.74, 6) is 0.650. The van der Waals surface area contributed by atoms with Gasteiger partial charge in [0.15, 0.2) is 0 Å². The second-order valence-electron chi connectivity index (χ2n) is 2.77. The van der Waals surface area contributed by atoms with E-state index in [9.17, 15) is 0 Å². The van der Waals surface area contributed by atoms with Gasteiger partial charge in [0.25, 0.3) is 0 Å². The molecule has 1 radical (unpaired) electrons. The van der Waals surface area contributed by atoms with Crippen LogP contribution in [0.2, 0.25) is 0 Å². The molecule has 0 rings (SSSR count). The molecule has 0 aromatic carbocycles. The predicted octanol–water partition coefficient (Wildman–Crippen LogP) is 3.20. The summed E-state index contributed by atoms with van der Waals surface area (Å²) in [5.41, 5.74) is 1.36.